The molecule has 0 aliphatic heterocycles. The summed E-state index contributed by atoms with van der Waals surface area (Å²) in [5.41, 5.74) is 1.90. The molecule has 0 radical (unpaired) electrons. The van der Waals surface area contributed by atoms with Crippen LogP contribution in [0.15, 0.2) is 59.0 Å². The molecular weight excluding hydrogens is 496 g/mol. The van der Waals surface area contributed by atoms with Crippen molar-refractivity contribution in [2.24, 2.45) is 0 Å². The van der Waals surface area contributed by atoms with Crippen LogP contribution in [0.1, 0.15) is 30.1 Å². The maximum atomic E-state index is 13.7. The summed E-state index contributed by atoms with van der Waals surface area (Å²) in [6.07, 6.45) is 1.94. The van der Waals surface area contributed by atoms with Gasteiger partial charge in [-0.25, -0.2) is 13.8 Å². The molecular formula is C25H20ClF2N3O3S. The Morgan fingerprint density at radius 3 is 2.74 bits per heavy atom. The van der Waals surface area contributed by atoms with E-state index in [1.54, 1.807) is 42.5 Å². The van der Waals surface area contributed by atoms with E-state index in [0.717, 1.165) is 25.0 Å². The normalized spacial score (nSPS) is 10.9. The Morgan fingerprint density at radius 1 is 1.14 bits per heavy atom. The number of fused-ring (bicyclic) bond motifs is 1. The van der Waals surface area contributed by atoms with E-state index in [-0.39, 0.29) is 27.5 Å². The molecule has 1 aromatic heterocycles. The molecule has 1 amide bonds. The number of nitrogens with one attached hydrogen (secondary N) is 2. The first-order valence-corrected chi connectivity index (χ1v) is 11.5. The number of unbranched alkanes of at least 4 members (excludes halogenated alkanes) is 1. The van der Waals surface area contributed by atoms with E-state index in [9.17, 15) is 13.6 Å². The van der Waals surface area contributed by atoms with Gasteiger partial charge in [0.15, 0.2) is 22.3 Å². The number of oxazole rings is 1. The van der Waals surface area contributed by atoms with Gasteiger partial charge in [0.25, 0.3) is 5.91 Å². The lowest BCUT2D eigenvalue weighted by Gasteiger charge is -2.10. The third-order valence-electron chi connectivity index (χ3n) is 4.98. The van der Waals surface area contributed by atoms with Crippen molar-refractivity contribution in [2.75, 3.05) is 11.9 Å². The summed E-state index contributed by atoms with van der Waals surface area (Å²) in [6, 6.07) is 13.6. The average molecular weight is 516 g/mol. The Bertz CT molecular complexity index is 1410. The lowest BCUT2D eigenvalue weighted by molar-refractivity contribution is 0.0977. The Labute approximate surface area is 210 Å². The molecule has 0 unspecified atom stereocenters. The van der Waals surface area contributed by atoms with Crippen LogP contribution in [0.2, 0.25) is 5.02 Å². The molecule has 1 heterocycles. The number of halogens is 3. The number of amides is 1. The van der Waals surface area contributed by atoms with Gasteiger partial charge < -0.3 is 14.5 Å². The van der Waals surface area contributed by atoms with Crippen LogP contribution >= 0.6 is 23.8 Å². The van der Waals surface area contributed by atoms with Crippen LogP contribution in [0, 0.1) is 11.6 Å². The zero-order chi connectivity index (χ0) is 24.9. The van der Waals surface area contributed by atoms with Crippen molar-refractivity contribution >= 4 is 51.6 Å². The number of aromatic nitrogens is 1. The van der Waals surface area contributed by atoms with E-state index in [2.05, 4.69) is 22.5 Å². The minimum Gasteiger partial charge on any atom is -0.494 e. The monoisotopic (exact) mass is 515 g/mol. The van der Waals surface area contributed by atoms with Crippen molar-refractivity contribution < 1.29 is 22.7 Å². The van der Waals surface area contributed by atoms with Gasteiger partial charge in [-0.2, -0.15) is 0 Å². The third kappa shape index (κ3) is 5.93. The van der Waals surface area contributed by atoms with Crippen molar-refractivity contribution in [3.05, 3.63) is 76.8 Å². The minimum absolute atomic E-state index is 0.0301. The second-order valence-corrected chi connectivity index (χ2v) is 8.40. The number of carbonyl (C=O) groups excluding carboxylic acids is 1. The fraction of sp³-hybridized carbons (Fsp3) is 0.160. The Morgan fingerprint density at radius 2 is 1.94 bits per heavy atom. The van der Waals surface area contributed by atoms with Crippen LogP contribution in [0.4, 0.5) is 14.5 Å². The minimum atomic E-state index is -1.06. The third-order valence-corrected chi connectivity index (χ3v) is 5.49. The van der Waals surface area contributed by atoms with Crippen LogP contribution in [0.25, 0.3) is 22.6 Å². The molecule has 4 aromatic rings. The number of rotatable bonds is 7. The van der Waals surface area contributed by atoms with Crippen molar-refractivity contribution in [2.45, 2.75) is 19.8 Å². The molecule has 6 nitrogen and oxygen atoms in total. The highest BCUT2D eigenvalue weighted by Crippen LogP contribution is 2.32. The zero-order valence-corrected chi connectivity index (χ0v) is 20.1. The highest BCUT2D eigenvalue weighted by molar-refractivity contribution is 7.80. The summed E-state index contributed by atoms with van der Waals surface area (Å²) < 4.78 is 38.3. The summed E-state index contributed by atoms with van der Waals surface area (Å²) in [5.74, 6) is -1.86. The Kier molecular flexibility index (Phi) is 7.57. The number of nitrogens with zero attached hydrogens (tertiary/aromatic N) is 1. The predicted molar refractivity (Wildman–Crippen MR) is 135 cm³/mol. The van der Waals surface area contributed by atoms with Crippen LogP contribution in [0.5, 0.6) is 5.75 Å². The standard InChI is InChI=1S/C25H20ClF2N3O3S/c1-2-3-9-33-16-6-4-5-14(10-16)23(32)31-25(35)29-15-7-8-22-21(11-15)30-24(34-22)17-12-19(27)20(28)13-18(17)26/h4-8,10-13H,2-3,9H2,1H3,(H2,29,31,32,35). The van der Waals surface area contributed by atoms with Crippen LogP contribution in [0.3, 0.4) is 0 Å². The average Bonchev–Trinajstić information content (AvgIpc) is 3.25. The maximum absolute atomic E-state index is 13.7. The molecule has 2 N–H and O–H groups in total. The summed E-state index contributed by atoms with van der Waals surface area (Å²) in [6.45, 7) is 2.65. The molecule has 10 heteroatoms. The lowest BCUT2D eigenvalue weighted by atomic mass is 10.2. The SMILES string of the molecule is CCCCOc1cccc(C(=O)NC(=S)Nc2ccc3oc(-c4cc(F)c(F)cc4Cl)nc3c2)c1. The number of hydrogen-bond acceptors (Lipinski definition) is 5. The van der Waals surface area contributed by atoms with E-state index in [4.69, 9.17) is 33.0 Å². The van der Waals surface area contributed by atoms with Gasteiger partial charge >= 0.3 is 0 Å². The Hall–Kier alpha value is -3.56. The molecule has 0 fully saturated rings. The van der Waals surface area contributed by atoms with Crippen LogP contribution in [-0.4, -0.2) is 22.6 Å². The topological polar surface area (TPSA) is 76.4 Å². The molecule has 0 aliphatic rings. The van der Waals surface area contributed by atoms with Crippen LogP contribution in [-0.2, 0) is 0 Å². The van der Waals surface area contributed by atoms with Gasteiger partial charge in [0.05, 0.1) is 17.2 Å². The van der Waals surface area contributed by atoms with Crippen molar-refractivity contribution in [3.63, 3.8) is 0 Å². The van der Waals surface area contributed by atoms with Gasteiger partial charge in [-0.1, -0.05) is 31.0 Å². The van der Waals surface area contributed by atoms with Crippen molar-refractivity contribution in [1.82, 2.24) is 10.3 Å². The van der Waals surface area contributed by atoms with Gasteiger partial charge in [-0.3, -0.25) is 10.1 Å². The van der Waals surface area contributed by atoms with E-state index in [1.807, 2.05) is 0 Å². The summed E-state index contributed by atoms with van der Waals surface area (Å²) >= 11 is 11.3. The van der Waals surface area contributed by atoms with E-state index >= 15 is 0 Å². The highest BCUT2D eigenvalue weighted by Gasteiger charge is 2.16. The smallest absolute Gasteiger partial charge is 0.257 e. The predicted octanol–water partition coefficient (Wildman–Crippen LogP) is 6.73. The molecule has 3 aromatic carbocycles. The van der Waals surface area contributed by atoms with E-state index in [1.165, 1.54) is 0 Å². The lowest BCUT2D eigenvalue weighted by Crippen LogP contribution is -2.34. The molecule has 0 spiro atoms. The first-order chi connectivity index (χ1) is 16.8. The number of carbonyl (C=O) groups is 1. The molecule has 180 valence electrons. The zero-order valence-electron chi connectivity index (χ0n) is 18.5. The van der Waals surface area contributed by atoms with E-state index < -0.39 is 11.6 Å². The fourth-order valence-corrected chi connectivity index (χ4v) is 3.65. The summed E-state index contributed by atoms with van der Waals surface area (Å²) in [7, 11) is 0. The largest absolute Gasteiger partial charge is 0.494 e. The molecule has 4 rings (SSSR count). The van der Waals surface area contributed by atoms with Crippen molar-refractivity contribution in [1.29, 1.82) is 0 Å². The van der Waals surface area contributed by atoms with Gasteiger partial charge in [-0.15, -0.1) is 0 Å². The second-order valence-electron chi connectivity index (χ2n) is 7.59. The highest BCUT2D eigenvalue weighted by atomic mass is 35.5. The first-order valence-electron chi connectivity index (χ1n) is 10.7. The number of hydrogen-bond donors (Lipinski definition) is 2. The molecule has 0 saturated heterocycles. The number of thiocarbonyl (C=S) groups is 1. The van der Waals surface area contributed by atoms with Gasteiger partial charge in [0.1, 0.15) is 11.3 Å². The first kappa shape index (κ1) is 24.6. The Balaban J connectivity index is 1.44. The summed E-state index contributed by atoms with van der Waals surface area (Å²) in [4.78, 5) is 16.9. The van der Waals surface area contributed by atoms with Crippen LogP contribution < -0.4 is 15.4 Å². The van der Waals surface area contributed by atoms with Crippen molar-refractivity contribution in [3.8, 4) is 17.2 Å². The fourth-order valence-electron chi connectivity index (χ4n) is 3.21. The second kappa shape index (κ2) is 10.8. The van der Waals surface area contributed by atoms with Gasteiger partial charge in [0, 0.05) is 11.3 Å². The maximum Gasteiger partial charge on any atom is 0.257 e. The summed E-state index contributed by atoms with van der Waals surface area (Å²) in [5, 5.41) is 5.60. The molecule has 0 saturated carbocycles. The van der Waals surface area contributed by atoms with E-state index in [0.29, 0.717) is 34.7 Å². The number of anilines is 1. The number of benzene rings is 3. The van der Waals surface area contributed by atoms with Gasteiger partial charge in [0.2, 0.25) is 5.89 Å². The molecule has 0 atom stereocenters. The molecule has 0 aliphatic carbocycles. The molecule has 0 bridgehead atoms. The molecule has 35 heavy (non-hydrogen) atoms. The van der Waals surface area contributed by atoms with Gasteiger partial charge in [-0.05, 0) is 67.2 Å². The number of ether oxygens (including phenoxy) is 1. The quantitative estimate of drug-likeness (QED) is 0.161.